The van der Waals surface area contributed by atoms with E-state index >= 15 is 0 Å². The van der Waals surface area contributed by atoms with Gasteiger partial charge in [0.25, 0.3) is 11.8 Å². The third-order valence-corrected chi connectivity index (χ3v) is 3.11. The standard InChI is InChI=1S/C11H12N2O2/c1-7-5-10(14)13(11(7)15)9-4-2-3-8(9)6-12/h5,8-9H,2-4H2,1H3. The van der Waals surface area contributed by atoms with E-state index in [9.17, 15) is 9.59 Å². The highest BCUT2D eigenvalue weighted by molar-refractivity contribution is 6.16. The van der Waals surface area contributed by atoms with Gasteiger partial charge in [-0.1, -0.05) is 0 Å². The van der Waals surface area contributed by atoms with Gasteiger partial charge in [0.2, 0.25) is 0 Å². The van der Waals surface area contributed by atoms with E-state index in [4.69, 9.17) is 5.26 Å². The second-order valence-corrected chi connectivity index (χ2v) is 4.07. The van der Waals surface area contributed by atoms with Gasteiger partial charge < -0.3 is 0 Å². The largest absolute Gasteiger partial charge is 0.271 e. The molecule has 0 spiro atoms. The quantitative estimate of drug-likeness (QED) is 0.598. The first-order chi connectivity index (χ1) is 7.15. The molecule has 0 aromatic rings. The smallest absolute Gasteiger partial charge is 0.256 e. The van der Waals surface area contributed by atoms with E-state index in [1.165, 1.54) is 11.0 Å². The van der Waals surface area contributed by atoms with E-state index < -0.39 is 0 Å². The molecule has 2 atom stereocenters. The van der Waals surface area contributed by atoms with Crippen LogP contribution in [0.5, 0.6) is 0 Å². The zero-order valence-corrected chi connectivity index (χ0v) is 8.56. The summed E-state index contributed by atoms with van der Waals surface area (Å²) in [5, 5.41) is 8.92. The van der Waals surface area contributed by atoms with Gasteiger partial charge in [0.1, 0.15) is 0 Å². The summed E-state index contributed by atoms with van der Waals surface area (Å²) in [6, 6.07) is 1.97. The van der Waals surface area contributed by atoms with Crippen LogP contribution < -0.4 is 0 Å². The normalized spacial score (nSPS) is 30.7. The van der Waals surface area contributed by atoms with E-state index in [0.29, 0.717) is 5.57 Å². The molecule has 1 fully saturated rings. The van der Waals surface area contributed by atoms with Crippen molar-refractivity contribution >= 4 is 11.8 Å². The first-order valence-electron chi connectivity index (χ1n) is 5.10. The lowest BCUT2D eigenvalue weighted by atomic mass is 10.0. The van der Waals surface area contributed by atoms with Crippen molar-refractivity contribution in [1.29, 1.82) is 5.26 Å². The number of nitrogens with zero attached hydrogens (tertiary/aromatic N) is 2. The van der Waals surface area contributed by atoms with Gasteiger partial charge in [-0.05, 0) is 26.2 Å². The second-order valence-electron chi connectivity index (χ2n) is 4.07. The molecule has 0 N–H and O–H groups in total. The lowest BCUT2D eigenvalue weighted by Gasteiger charge is -2.24. The summed E-state index contributed by atoms with van der Waals surface area (Å²) in [5.41, 5.74) is 0.476. The molecule has 1 aliphatic carbocycles. The summed E-state index contributed by atoms with van der Waals surface area (Å²) < 4.78 is 0. The monoisotopic (exact) mass is 204 g/mol. The fourth-order valence-corrected chi connectivity index (χ4v) is 2.32. The Hall–Kier alpha value is -1.63. The minimum absolute atomic E-state index is 0.183. The van der Waals surface area contributed by atoms with Crippen LogP contribution in [0.3, 0.4) is 0 Å². The number of nitriles is 1. The molecule has 4 nitrogen and oxygen atoms in total. The van der Waals surface area contributed by atoms with Gasteiger partial charge in [-0.2, -0.15) is 5.26 Å². The first kappa shape index (κ1) is 9.91. The molecule has 0 bridgehead atoms. The van der Waals surface area contributed by atoms with Crippen LogP contribution in [0, 0.1) is 17.2 Å². The maximum atomic E-state index is 11.7. The van der Waals surface area contributed by atoms with E-state index in [1.807, 2.05) is 0 Å². The molecule has 4 heteroatoms. The fourth-order valence-electron chi connectivity index (χ4n) is 2.32. The molecule has 0 saturated heterocycles. The van der Waals surface area contributed by atoms with Gasteiger partial charge in [0, 0.05) is 11.6 Å². The Bertz CT molecular complexity index is 392. The molecule has 1 aliphatic heterocycles. The Balaban J connectivity index is 2.23. The summed E-state index contributed by atoms with van der Waals surface area (Å²) >= 11 is 0. The highest BCUT2D eigenvalue weighted by Crippen LogP contribution is 2.32. The van der Waals surface area contributed by atoms with Crippen molar-refractivity contribution in [2.75, 3.05) is 0 Å². The third kappa shape index (κ3) is 1.44. The van der Waals surface area contributed by atoms with E-state index in [1.54, 1.807) is 6.92 Å². The van der Waals surface area contributed by atoms with Crippen molar-refractivity contribution < 1.29 is 9.59 Å². The Morgan fingerprint density at radius 3 is 2.73 bits per heavy atom. The Morgan fingerprint density at radius 2 is 2.20 bits per heavy atom. The minimum Gasteiger partial charge on any atom is -0.271 e. The van der Waals surface area contributed by atoms with Crippen molar-refractivity contribution in [2.24, 2.45) is 5.92 Å². The summed E-state index contributed by atoms with van der Waals surface area (Å²) in [4.78, 5) is 24.5. The van der Waals surface area contributed by atoms with Gasteiger partial charge in [0.15, 0.2) is 0 Å². The van der Waals surface area contributed by atoms with Crippen LogP contribution in [0.4, 0.5) is 0 Å². The number of rotatable bonds is 1. The Morgan fingerprint density at radius 1 is 1.47 bits per heavy atom. The van der Waals surface area contributed by atoms with Gasteiger partial charge >= 0.3 is 0 Å². The van der Waals surface area contributed by atoms with E-state index in [-0.39, 0.29) is 23.8 Å². The van der Waals surface area contributed by atoms with Crippen molar-refractivity contribution in [3.05, 3.63) is 11.6 Å². The van der Waals surface area contributed by atoms with Crippen molar-refractivity contribution in [3.63, 3.8) is 0 Å². The van der Waals surface area contributed by atoms with Crippen LogP contribution in [-0.2, 0) is 9.59 Å². The van der Waals surface area contributed by atoms with Crippen LogP contribution in [0.1, 0.15) is 26.2 Å². The molecule has 2 rings (SSSR count). The highest BCUT2D eigenvalue weighted by Gasteiger charge is 2.40. The van der Waals surface area contributed by atoms with Crippen LogP contribution in [0.2, 0.25) is 0 Å². The fraction of sp³-hybridized carbons (Fsp3) is 0.545. The van der Waals surface area contributed by atoms with Crippen molar-refractivity contribution in [3.8, 4) is 6.07 Å². The Labute approximate surface area is 88.2 Å². The summed E-state index contributed by atoms with van der Waals surface area (Å²) in [5.74, 6) is -0.672. The Kier molecular flexibility index (Phi) is 2.31. The average Bonchev–Trinajstić information content (AvgIpc) is 2.73. The van der Waals surface area contributed by atoms with Gasteiger partial charge in [0.05, 0.1) is 18.0 Å². The molecule has 0 aromatic heterocycles. The number of hydrogen-bond donors (Lipinski definition) is 0. The van der Waals surface area contributed by atoms with Crippen LogP contribution in [0.25, 0.3) is 0 Å². The SMILES string of the molecule is CC1=CC(=O)N(C2CCCC2C#N)C1=O. The maximum absolute atomic E-state index is 11.7. The zero-order valence-electron chi connectivity index (χ0n) is 8.56. The topological polar surface area (TPSA) is 61.2 Å². The number of amides is 2. The molecule has 1 heterocycles. The lowest BCUT2D eigenvalue weighted by Crippen LogP contribution is -2.42. The number of carbonyl (C=O) groups is 2. The molecule has 78 valence electrons. The number of hydrogen-bond acceptors (Lipinski definition) is 3. The minimum atomic E-state index is -0.260. The third-order valence-electron chi connectivity index (χ3n) is 3.11. The van der Waals surface area contributed by atoms with Crippen molar-refractivity contribution in [2.45, 2.75) is 32.2 Å². The molecular formula is C11H12N2O2. The second kappa shape index (κ2) is 3.50. The summed E-state index contributed by atoms with van der Waals surface area (Å²) in [6.07, 6.45) is 3.82. The van der Waals surface area contributed by atoms with Crippen LogP contribution in [-0.4, -0.2) is 22.8 Å². The summed E-state index contributed by atoms with van der Waals surface area (Å²) in [7, 11) is 0. The molecule has 0 radical (unpaired) electrons. The number of carbonyl (C=O) groups excluding carboxylic acids is 2. The predicted octanol–water partition coefficient (Wildman–Crippen LogP) is 0.994. The average molecular weight is 204 g/mol. The predicted molar refractivity (Wildman–Crippen MR) is 52.4 cm³/mol. The maximum Gasteiger partial charge on any atom is 0.256 e. The molecule has 2 aliphatic rings. The molecule has 2 unspecified atom stereocenters. The molecule has 0 aromatic carbocycles. The molecule has 15 heavy (non-hydrogen) atoms. The van der Waals surface area contributed by atoms with Crippen LogP contribution in [0.15, 0.2) is 11.6 Å². The van der Waals surface area contributed by atoms with Crippen molar-refractivity contribution in [1.82, 2.24) is 4.90 Å². The van der Waals surface area contributed by atoms with Gasteiger partial charge in [-0.25, -0.2) is 0 Å². The van der Waals surface area contributed by atoms with Gasteiger partial charge in [-0.3, -0.25) is 14.5 Å². The zero-order chi connectivity index (χ0) is 11.0. The van der Waals surface area contributed by atoms with Crippen LogP contribution >= 0.6 is 0 Å². The highest BCUT2D eigenvalue weighted by atomic mass is 16.2. The van der Waals surface area contributed by atoms with E-state index in [0.717, 1.165) is 19.3 Å². The number of imide groups is 1. The molecule has 2 amide bonds. The molecular weight excluding hydrogens is 192 g/mol. The summed E-state index contributed by atoms with van der Waals surface area (Å²) in [6.45, 7) is 1.64. The lowest BCUT2D eigenvalue weighted by molar-refractivity contribution is -0.140. The molecule has 1 saturated carbocycles. The van der Waals surface area contributed by atoms with E-state index in [2.05, 4.69) is 6.07 Å². The van der Waals surface area contributed by atoms with Gasteiger partial charge in [-0.15, -0.1) is 0 Å². The first-order valence-corrected chi connectivity index (χ1v) is 5.10.